The van der Waals surface area contributed by atoms with Gasteiger partial charge in [-0.1, -0.05) is 56.3 Å². The summed E-state index contributed by atoms with van der Waals surface area (Å²) in [7, 11) is 0. The highest BCUT2D eigenvalue weighted by atomic mass is 16.2. The largest absolute Gasteiger partial charge is 0.336 e. The molecule has 0 aliphatic heterocycles. The molecule has 0 aromatic heterocycles. The molecule has 2 aromatic carbocycles. The summed E-state index contributed by atoms with van der Waals surface area (Å²) in [5, 5.41) is 5.86. The average molecular weight is 340 g/mol. The molecule has 1 unspecified atom stereocenters. The summed E-state index contributed by atoms with van der Waals surface area (Å²) in [6, 6.07) is 17.8. The first kappa shape index (κ1) is 19.0. The van der Waals surface area contributed by atoms with Gasteiger partial charge < -0.3 is 16.4 Å². The van der Waals surface area contributed by atoms with Crippen LogP contribution in [0.5, 0.6) is 0 Å². The Morgan fingerprint density at radius 1 is 1.04 bits per heavy atom. The lowest BCUT2D eigenvalue weighted by Crippen LogP contribution is -2.39. The number of hydrogen-bond donors (Lipinski definition) is 3. The van der Waals surface area contributed by atoms with Crippen molar-refractivity contribution < 1.29 is 4.79 Å². The molecule has 5 heteroatoms. The summed E-state index contributed by atoms with van der Waals surface area (Å²) in [5.74, 6) is 0. The third kappa shape index (κ3) is 5.59. The first-order valence-corrected chi connectivity index (χ1v) is 8.80. The van der Waals surface area contributed by atoms with Crippen molar-refractivity contribution in [3.8, 4) is 0 Å². The predicted octanol–water partition coefficient (Wildman–Crippen LogP) is 3.35. The maximum atomic E-state index is 12.2. The van der Waals surface area contributed by atoms with Gasteiger partial charge in [-0.05, 0) is 36.3 Å². The second kappa shape index (κ2) is 9.81. The topological polar surface area (TPSA) is 70.4 Å². The Morgan fingerprint density at radius 3 is 2.24 bits per heavy atom. The number of benzene rings is 2. The van der Waals surface area contributed by atoms with Crippen LogP contribution in [0.3, 0.4) is 0 Å². The number of carbonyl (C=O) groups is 1. The van der Waals surface area contributed by atoms with Gasteiger partial charge in [-0.3, -0.25) is 4.90 Å². The van der Waals surface area contributed by atoms with E-state index in [2.05, 4.69) is 41.5 Å². The van der Waals surface area contributed by atoms with Crippen molar-refractivity contribution in [1.82, 2.24) is 10.2 Å². The van der Waals surface area contributed by atoms with Crippen LogP contribution in [0, 0.1) is 0 Å². The Balaban J connectivity index is 1.97. The van der Waals surface area contributed by atoms with Crippen LogP contribution in [-0.2, 0) is 6.54 Å². The van der Waals surface area contributed by atoms with E-state index in [4.69, 9.17) is 5.73 Å². The number of nitrogens with zero attached hydrogens (tertiary/aromatic N) is 1. The molecule has 0 bridgehead atoms. The molecule has 0 aliphatic rings. The number of likely N-dealkylation sites (N-methyl/N-ethyl adjacent to an activating group) is 1. The molecule has 25 heavy (non-hydrogen) atoms. The number of anilines is 1. The molecule has 134 valence electrons. The Hall–Kier alpha value is -2.37. The minimum atomic E-state index is -0.200. The van der Waals surface area contributed by atoms with Crippen molar-refractivity contribution in [3.05, 3.63) is 65.7 Å². The first-order valence-electron chi connectivity index (χ1n) is 8.80. The zero-order valence-corrected chi connectivity index (χ0v) is 15.0. The molecule has 0 saturated heterocycles. The number of hydrogen-bond acceptors (Lipinski definition) is 3. The maximum Gasteiger partial charge on any atom is 0.319 e. The smallest absolute Gasteiger partial charge is 0.319 e. The zero-order chi connectivity index (χ0) is 18.1. The number of nitrogens with two attached hydrogens (primary N) is 1. The van der Waals surface area contributed by atoms with Crippen LogP contribution in [0.15, 0.2) is 54.6 Å². The van der Waals surface area contributed by atoms with Crippen molar-refractivity contribution in [2.75, 3.05) is 25.0 Å². The van der Waals surface area contributed by atoms with E-state index in [0.29, 0.717) is 13.1 Å². The monoisotopic (exact) mass is 340 g/mol. The van der Waals surface area contributed by atoms with Gasteiger partial charge in [0.2, 0.25) is 0 Å². The highest BCUT2D eigenvalue weighted by Crippen LogP contribution is 2.19. The maximum absolute atomic E-state index is 12.2. The fourth-order valence-corrected chi connectivity index (χ4v) is 2.89. The summed E-state index contributed by atoms with van der Waals surface area (Å²) in [6.45, 7) is 7.18. The molecule has 0 heterocycles. The summed E-state index contributed by atoms with van der Waals surface area (Å²) < 4.78 is 0. The fourth-order valence-electron chi connectivity index (χ4n) is 2.89. The molecule has 0 radical (unpaired) electrons. The molecule has 0 aliphatic carbocycles. The molecular formula is C20H28N4O. The van der Waals surface area contributed by atoms with E-state index in [1.165, 1.54) is 5.56 Å². The third-order valence-electron chi connectivity index (χ3n) is 4.34. The Bertz CT molecular complexity index is 639. The van der Waals surface area contributed by atoms with Gasteiger partial charge in [-0.15, -0.1) is 0 Å². The Morgan fingerprint density at radius 2 is 1.68 bits per heavy atom. The molecule has 2 amide bonds. The second-order valence-corrected chi connectivity index (χ2v) is 5.88. The van der Waals surface area contributed by atoms with Gasteiger partial charge in [0, 0.05) is 18.8 Å². The van der Waals surface area contributed by atoms with E-state index in [1.807, 2.05) is 42.5 Å². The SMILES string of the molecule is CCN(CC)C(CNC(=O)Nc1ccc(CN)cc1)c1ccccc1. The van der Waals surface area contributed by atoms with Crippen molar-refractivity contribution in [2.24, 2.45) is 5.73 Å². The summed E-state index contributed by atoms with van der Waals surface area (Å²) in [5.41, 5.74) is 8.59. The molecule has 0 fully saturated rings. The van der Waals surface area contributed by atoms with E-state index in [9.17, 15) is 4.79 Å². The molecular weight excluding hydrogens is 312 g/mol. The quantitative estimate of drug-likeness (QED) is 0.690. The summed E-state index contributed by atoms with van der Waals surface area (Å²) >= 11 is 0. The molecule has 1 atom stereocenters. The van der Waals surface area contributed by atoms with Gasteiger partial charge in [-0.2, -0.15) is 0 Å². The van der Waals surface area contributed by atoms with Crippen molar-refractivity contribution in [3.63, 3.8) is 0 Å². The van der Waals surface area contributed by atoms with Gasteiger partial charge in [0.05, 0.1) is 6.04 Å². The van der Waals surface area contributed by atoms with Crippen molar-refractivity contribution >= 4 is 11.7 Å². The fraction of sp³-hybridized carbons (Fsp3) is 0.350. The predicted molar refractivity (Wildman–Crippen MR) is 103 cm³/mol. The molecule has 2 aromatic rings. The van der Waals surface area contributed by atoms with Crippen molar-refractivity contribution in [2.45, 2.75) is 26.4 Å². The van der Waals surface area contributed by atoms with Crippen LogP contribution in [0.25, 0.3) is 0 Å². The van der Waals surface area contributed by atoms with Gasteiger partial charge >= 0.3 is 6.03 Å². The number of nitrogens with one attached hydrogen (secondary N) is 2. The number of urea groups is 1. The van der Waals surface area contributed by atoms with Crippen LogP contribution in [0.2, 0.25) is 0 Å². The van der Waals surface area contributed by atoms with E-state index >= 15 is 0 Å². The third-order valence-corrected chi connectivity index (χ3v) is 4.34. The number of rotatable bonds is 8. The van der Waals surface area contributed by atoms with E-state index < -0.39 is 0 Å². The molecule has 4 N–H and O–H groups in total. The van der Waals surface area contributed by atoms with Gasteiger partial charge in [-0.25, -0.2) is 4.79 Å². The average Bonchev–Trinajstić information content (AvgIpc) is 2.66. The zero-order valence-electron chi connectivity index (χ0n) is 15.0. The molecule has 0 spiro atoms. The van der Waals surface area contributed by atoms with Crippen LogP contribution >= 0.6 is 0 Å². The summed E-state index contributed by atoms with van der Waals surface area (Å²) in [4.78, 5) is 14.6. The van der Waals surface area contributed by atoms with E-state index in [-0.39, 0.29) is 12.1 Å². The normalized spacial score (nSPS) is 12.0. The van der Waals surface area contributed by atoms with Crippen LogP contribution < -0.4 is 16.4 Å². The van der Waals surface area contributed by atoms with Crippen LogP contribution in [-0.4, -0.2) is 30.6 Å². The number of amides is 2. The van der Waals surface area contributed by atoms with Gasteiger partial charge in [0.1, 0.15) is 0 Å². The standard InChI is InChI=1S/C20H28N4O/c1-3-24(4-2)19(17-8-6-5-7-9-17)15-22-20(25)23-18-12-10-16(14-21)11-13-18/h5-13,19H,3-4,14-15,21H2,1-2H3,(H2,22,23,25). The van der Waals surface area contributed by atoms with Crippen molar-refractivity contribution in [1.29, 1.82) is 0 Å². The lowest BCUT2D eigenvalue weighted by molar-refractivity contribution is 0.210. The second-order valence-electron chi connectivity index (χ2n) is 5.88. The highest BCUT2D eigenvalue weighted by molar-refractivity contribution is 5.89. The lowest BCUT2D eigenvalue weighted by Gasteiger charge is -2.30. The van der Waals surface area contributed by atoms with Gasteiger partial charge in [0.15, 0.2) is 0 Å². The Labute approximate surface area is 150 Å². The van der Waals surface area contributed by atoms with E-state index in [1.54, 1.807) is 0 Å². The minimum Gasteiger partial charge on any atom is -0.336 e. The van der Waals surface area contributed by atoms with Gasteiger partial charge in [0.25, 0.3) is 0 Å². The van der Waals surface area contributed by atoms with Crippen LogP contribution in [0.4, 0.5) is 10.5 Å². The summed E-state index contributed by atoms with van der Waals surface area (Å²) in [6.07, 6.45) is 0. The van der Waals surface area contributed by atoms with E-state index in [0.717, 1.165) is 24.3 Å². The Kier molecular flexibility index (Phi) is 7.44. The molecule has 0 saturated carbocycles. The number of carbonyl (C=O) groups excluding carboxylic acids is 1. The van der Waals surface area contributed by atoms with Crippen LogP contribution in [0.1, 0.15) is 31.0 Å². The first-order chi connectivity index (χ1) is 12.2. The minimum absolute atomic E-state index is 0.154. The molecule has 5 nitrogen and oxygen atoms in total. The lowest BCUT2D eigenvalue weighted by atomic mass is 10.1. The highest BCUT2D eigenvalue weighted by Gasteiger charge is 2.18. The molecule has 2 rings (SSSR count).